The predicted octanol–water partition coefficient (Wildman–Crippen LogP) is 17.8. The summed E-state index contributed by atoms with van der Waals surface area (Å²) in [7, 11) is 0. The number of anilines is 3. The van der Waals surface area contributed by atoms with Crippen LogP contribution in [-0.2, 0) is 10.8 Å². The van der Waals surface area contributed by atoms with Crippen LogP contribution >= 0.6 is 0 Å². The average Bonchev–Trinajstić information content (AvgIpc) is 4.00. The quantitative estimate of drug-likeness (QED) is 0.155. The molecule has 2 nitrogen and oxygen atoms in total. The van der Waals surface area contributed by atoms with Crippen molar-refractivity contribution >= 4 is 60.5 Å². The van der Waals surface area contributed by atoms with Crippen LogP contribution < -0.4 is 4.90 Å². The summed E-state index contributed by atoms with van der Waals surface area (Å²) < 4.78 is 23.4. The van der Waals surface area contributed by atoms with Crippen molar-refractivity contribution in [2.75, 3.05) is 4.90 Å². The van der Waals surface area contributed by atoms with E-state index in [1.165, 1.54) is 66.2 Å². The van der Waals surface area contributed by atoms with Crippen molar-refractivity contribution in [3.05, 3.63) is 270 Å². The lowest BCUT2D eigenvalue weighted by Gasteiger charge is -2.34. The van der Waals surface area contributed by atoms with Crippen molar-refractivity contribution in [1.82, 2.24) is 0 Å². The van der Waals surface area contributed by atoms with Gasteiger partial charge in [0, 0.05) is 32.9 Å². The van der Waals surface area contributed by atoms with Gasteiger partial charge in [-0.05, 0) is 126 Å². The highest BCUT2D eigenvalue weighted by Crippen LogP contribution is 2.57. The Bertz CT molecular complexity index is 4020. The molecule has 0 amide bonds. The monoisotopic (exact) mass is 885 g/mol. The molecule has 2 aliphatic carbocycles. The predicted molar refractivity (Wildman–Crippen MR) is 284 cm³/mol. The van der Waals surface area contributed by atoms with E-state index in [1.807, 2.05) is 6.07 Å². The van der Waals surface area contributed by atoms with Crippen LogP contribution in [0.4, 0.5) is 21.5 Å². The molecular weight excluding hydrogens is 842 g/mol. The molecule has 1 aromatic heterocycles. The Hall–Kier alpha value is -8.53. The van der Waals surface area contributed by atoms with Gasteiger partial charge in [-0.15, -0.1) is 0 Å². The first-order chi connectivity index (χ1) is 33.9. The molecule has 12 aromatic rings. The Labute approximate surface area is 400 Å². The fraction of sp³-hybridized carbons (Fsp3) is 0.0606. The molecule has 0 atom stereocenters. The van der Waals surface area contributed by atoms with E-state index < -0.39 is 5.41 Å². The van der Waals surface area contributed by atoms with Gasteiger partial charge in [-0.25, -0.2) is 4.39 Å². The molecule has 0 unspecified atom stereocenters. The summed E-state index contributed by atoms with van der Waals surface area (Å²) >= 11 is 0. The maximum absolute atomic E-state index is 16.6. The van der Waals surface area contributed by atoms with Crippen molar-refractivity contribution in [2.45, 2.75) is 24.7 Å². The zero-order valence-corrected chi connectivity index (χ0v) is 38.2. The molecule has 0 saturated carbocycles. The molecule has 0 spiro atoms. The Balaban J connectivity index is 0.943. The van der Waals surface area contributed by atoms with E-state index in [0.29, 0.717) is 16.7 Å². The van der Waals surface area contributed by atoms with E-state index in [-0.39, 0.29) is 11.2 Å². The van der Waals surface area contributed by atoms with Crippen molar-refractivity contribution < 1.29 is 8.81 Å². The summed E-state index contributed by atoms with van der Waals surface area (Å²) in [5.74, 6) is -0.324. The minimum atomic E-state index is -0.548. The summed E-state index contributed by atoms with van der Waals surface area (Å²) in [6.45, 7) is 4.67. The third kappa shape index (κ3) is 5.59. The highest BCUT2D eigenvalue weighted by molar-refractivity contribution is 6.16. The van der Waals surface area contributed by atoms with Crippen LogP contribution in [0.25, 0.3) is 76.9 Å². The first-order valence-corrected chi connectivity index (χ1v) is 23.9. The third-order valence-electron chi connectivity index (χ3n) is 15.4. The largest absolute Gasteiger partial charge is 0.455 e. The van der Waals surface area contributed by atoms with E-state index in [9.17, 15) is 0 Å². The van der Waals surface area contributed by atoms with E-state index in [2.05, 4.69) is 237 Å². The van der Waals surface area contributed by atoms with Gasteiger partial charge in [0.2, 0.25) is 0 Å². The van der Waals surface area contributed by atoms with Gasteiger partial charge in [0.1, 0.15) is 17.0 Å². The van der Waals surface area contributed by atoms with Gasteiger partial charge in [0.05, 0.1) is 16.7 Å². The number of hydrogen-bond donors (Lipinski definition) is 0. The van der Waals surface area contributed by atoms with Crippen LogP contribution in [0.3, 0.4) is 0 Å². The summed E-state index contributed by atoms with van der Waals surface area (Å²) in [4.78, 5) is 2.40. The van der Waals surface area contributed by atoms with Crippen LogP contribution in [-0.4, -0.2) is 0 Å². The SMILES string of the molecule is CC1(C)c2ccccc2-c2ccc(N(c3ccc4oc5c(-c6ccc(C7(c8ccccc8)c8ccccc8-c8ccccc87)cc6)c(F)ccc5c4c3)c3cc4ccccc4c4ccccc34)cc21. The Morgan fingerprint density at radius 3 is 1.71 bits per heavy atom. The summed E-state index contributed by atoms with van der Waals surface area (Å²) in [5.41, 5.74) is 17.3. The number of fused-ring (bicyclic) bond motifs is 12. The first kappa shape index (κ1) is 39.6. The second-order valence-electron chi connectivity index (χ2n) is 19.3. The van der Waals surface area contributed by atoms with E-state index in [1.54, 1.807) is 6.07 Å². The summed E-state index contributed by atoms with van der Waals surface area (Å²) in [5, 5.41) is 6.52. The molecule has 14 rings (SSSR count). The minimum absolute atomic E-state index is 0.184. The molecule has 326 valence electrons. The second kappa shape index (κ2) is 14.7. The summed E-state index contributed by atoms with van der Waals surface area (Å²) in [6.07, 6.45) is 0. The Morgan fingerprint density at radius 1 is 0.406 bits per heavy atom. The standard InChI is InChI=1S/C66H44FNO/c1-65(2)56-25-13-10-21-49(56)52-34-32-46(40-59(52)65)68(61-38-42-16-6-7-19-47(42)48-20-8-9-24-53(48)61)45-33-37-62-55(39-45)54-35-36-60(67)63(64(54)69-62)41-28-30-44(31-29-41)66(43-17-4-3-5-18-43)57-26-14-11-22-50(57)51-23-12-15-27-58(51)66/h3-40H,1-2H3. The zero-order chi connectivity index (χ0) is 46.0. The molecule has 2 aliphatic rings. The van der Waals surface area contributed by atoms with Gasteiger partial charge in [-0.3, -0.25) is 0 Å². The smallest absolute Gasteiger partial charge is 0.146 e. The summed E-state index contributed by atoms with van der Waals surface area (Å²) in [6, 6.07) is 82.1. The molecule has 0 aliphatic heterocycles. The first-order valence-electron chi connectivity index (χ1n) is 23.9. The number of benzene rings is 11. The van der Waals surface area contributed by atoms with Crippen molar-refractivity contribution in [2.24, 2.45) is 0 Å². The molecule has 0 N–H and O–H groups in total. The highest BCUT2D eigenvalue weighted by atomic mass is 19.1. The van der Waals surface area contributed by atoms with Gasteiger partial charge in [-0.2, -0.15) is 0 Å². The van der Waals surface area contributed by atoms with Crippen LogP contribution in [0.5, 0.6) is 0 Å². The molecular formula is C66H44FNO. The van der Waals surface area contributed by atoms with Gasteiger partial charge >= 0.3 is 0 Å². The maximum atomic E-state index is 16.6. The molecule has 3 heteroatoms. The number of rotatable bonds is 6. The number of nitrogens with zero attached hydrogens (tertiary/aromatic N) is 1. The lowest BCUT2D eigenvalue weighted by molar-refractivity contribution is 0.622. The van der Waals surface area contributed by atoms with Crippen LogP contribution in [0, 0.1) is 5.82 Å². The van der Waals surface area contributed by atoms with Crippen molar-refractivity contribution in [3.8, 4) is 33.4 Å². The fourth-order valence-electron chi connectivity index (χ4n) is 12.3. The maximum Gasteiger partial charge on any atom is 0.146 e. The topological polar surface area (TPSA) is 16.4 Å². The molecule has 0 fully saturated rings. The second-order valence-corrected chi connectivity index (χ2v) is 19.3. The number of furan rings is 1. The molecule has 69 heavy (non-hydrogen) atoms. The molecule has 0 saturated heterocycles. The fourth-order valence-corrected chi connectivity index (χ4v) is 12.3. The lowest BCUT2D eigenvalue weighted by atomic mass is 9.67. The minimum Gasteiger partial charge on any atom is -0.455 e. The molecule has 0 bridgehead atoms. The van der Waals surface area contributed by atoms with Crippen LogP contribution in [0.15, 0.2) is 235 Å². The zero-order valence-electron chi connectivity index (χ0n) is 38.2. The molecule has 11 aromatic carbocycles. The average molecular weight is 886 g/mol. The Kier molecular flexibility index (Phi) is 8.46. The third-order valence-corrected chi connectivity index (χ3v) is 15.4. The normalized spacial score (nSPS) is 14.0. The van der Waals surface area contributed by atoms with E-state index >= 15 is 4.39 Å². The van der Waals surface area contributed by atoms with E-state index in [4.69, 9.17) is 4.42 Å². The lowest BCUT2D eigenvalue weighted by Crippen LogP contribution is -2.28. The van der Waals surface area contributed by atoms with E-state index in [0.717, 1.165) is 44.3 Å². The van der Waals surface area contributed by atoms with Gasteiger partial charge in [-0.1, -0.05) is 196 Å². The number of hydrogen-bond acceptors (Lipinski definition) is 2. The highest BCUT2D eigenvalue weighted by Gasteiger charge is 2.46. The molecule has 0 radical (unpaired) electrons. The van der Waals surface area contributed by atoms with Crippen molar-refractivity contribution in [1.29, 1.82) is 0 Å². The van der Waals surface area contributed by atoms with Gasteiger partial charge in [0.15, 0.2) is 0 Å². The van der Waals surface area contributed by atoms with Gasteiger partial charge in [0.25, 0.3) is 0 Å². The van der Waals surface area contributed by atoms with Gasteiger partial charge < -0.3 is 9.32 Å². The molecule has 1 heterocycles. The van der Waals surface area contributed by atoms with Crippen molar-refractivity contribution in [3.63, 3.8) is 0 Å². The van der Waals surface area contributed by atoms with Crippen LogP contribution in [0.2, 0.25) is 0 Å². The van der Waals surface area contributed by atoms with Crippen LogP contribution in [0.1, 0.15) is 47.2 Å². The Morgan fingerprint density at radius 2 is 0.971 bits per heavy atom. The number of halogens is 1.